The van der Waals surface area contributed by atoms with Crippen LogP contribution in [0, 0.1) is 11.8 Å². The van der Waals surface area contributed by atoms with Gasteiger partial charge in [-0.2, -0.15) is 0 Å². The third-order valence-corrected chi connectivity index (χ3v) is 5.50. The molecule has 5 nitrogen and oxygen atoms in total. The zero-order valence-electron chi connectivity index (χ0n) is 16.4. The molecule has 0 radical (unpaired) electrons. The molecule has 1 heterocycles. The Morgan fingerprint density at radius 1 is 1.14 bits per heavy atom. The van der Waals surface area contributed by atoms with Gasteiger partial charge in [-0.25, -0.2) is 0 Å². The van der Waals surface area contributed by atoms with E-state index in [1.807, 2.05) is 18.2 Å². The number of anilines is 2. The Morgan fingerprint density at radius 3 is 2.59 bits per heavy atom. The summed E-state index contributed by atoms with van der Waals surface area (Å²) in [6, 6.07) is 14.1. The summed E-state index contributed by atoms with van der Waals surface area (Å²) < 4.78 is 0. The highest BCUT2D eigenvalue weighted by Gasteiger charge is 2.22. The van der Waals surface area contributed by atoms with Crippen LogP contribution >= 0.6 is 24.0 Å². The van der Waals surface area contributed by atoms with Crippen molar-refractivity contribution in [3.8, 4) is 0 Å². The van der Waals surface area contributed by atoms with Crippen molar-refractivity contribution in [2.75, 3.05) is 23.7 Å². The maximum absolute atomic E-state index is 12.5. The molecule has 2 unspecified atom stereocenters. The van der Waals surface area contributed by atoms with Crippen molar-refractivity contribution in [3.63, 3.8) is 0 Å². The molecular formula is C22H27Cl2N3O2. The summed E-state index contributed by atoms with van der Waals surface area (Å²) in [6.07, 6.45) is 2.78. The third kappa shape index (κ3) is 6.74. The second-order valence-corrected chi connectivity index (χ2v) is 7.76. The van der Waals surface area contributed by atoms with E-state index in [1.165, 1.54) is 0 Å². The highest BCUT2D eigenvalue weighted by Crippen LogP contribution is 2.25. The van der Waals surface area contributed by atoms with Crippen LogP contribution in [0.2, 0.25) is 5.02 Å². The van der Waals surface area contributed by atoms with Crippen LogP contribution in [0.1, 0.15) is 36.5 Å². The minimum Gasteiger partial charge on any atom is -0.326 e. The van der Waals surface area contributed by atoms with Gasteiger partial charge in [-0.3, -0.25) is 9.59 Å². The van der Waals surface area contributed by atoms with Gasteiger partial charge < -0.3 is 16.0 Å². The summed E-state index contributed by atoms with van der Waals surface area (Å²) in [5.74, 6) is 0.474. The Bertz CT molecular complexity index is 824. The number of para-hydroxylation sites is 1. The minimum absolute atomic E-state index is 0. The van der Waals surface area contributed by atoms with Gasteiger partial charge in [0.1, 0.15) is 0 Å². The van der Waals surface area contributed by atoms with E-state index in [0.29, 0.717) is 40.2 Å². The lowest BCUT2D eigenvalue weighted by atomic mass is 9.85. The fraction of sp³-hybridized carbons (Fsp3) is 0.364. The lowest BCUT2D eigenvalue weighted by molar-refractivity contribution is -0.117. The summed E-state index contributed by atoms with van der Waals surface area (Å²) >= 11 is 6.20. The smallest absolute Gasteiger partial charge is 0.257 e. The van der Waals surface area contributed by atoms with E-state index >= 15 is 0 Å². The van der Waals surface area contributed by atoms with E-state index in [1.54, 1.807) is 30.3 Å². The molecular weight excluding hydrogens is 409 g/mol. The van der Waals surface area contributed by atoms with Gasteiger partial charge in [0.05, 0.1) is 10.6 Å². The van der Waals surface area contributed by atoms with Gasteiger partial charge >= 0.3 is 0 Å². The topological polar surface area (TPSA) is 70.2 Å². The van der Waals surface area contributed by atoms with Crippen LogP contribution in [0.25, 0.3) is 0 Å². The Labute approximate surface area is 183 Å². The molecule has 0 spiro atoms. The molecule has 0 saturated carbocycles. The predicted molar refractivity (Wildman–Crippen MR) is 121 cm³/mol. The van der Waals surface area contributed by atoms with Crippen molar-refractivity contribution < 1.29 is 9.59 Å². The molecule has 3 N–H and O–H groups in total. The summed E-state index contributed by atoms with van der Waals surface area (Å²) in [6.45, 7) is 4.16. The molecule has 1 fully saturated rings. The molecule has 1 saturated heterocycles. The number of amides is 2. The zero-order valence-corrected chi connectivity index (χ0v) is 18.0. The molecule has 3 rings (SSSR count). The Morgan fingerprint density at radius 2 is 1.90 bits per heavy atom. The first-order valence-electron chi connectivity index (χ1n) is 9.69. The van der Waals surface area contributed by atoms with E-state index in [0.717, 1.165) is 25.9 Å². The van der Waals surface area contributed by atoms with Crippen LogP contribution in [-0.2, 0) is 4.79 Å². The first-order valence-corrected chi connectivity index (χ1v) is 10.1. The van der Waals surface area contributed by atoms with E-state index in [9.17, 15) is 9.59 Å². The van der Waals surface area contributed by atoms with E-state index < -0.39 is 0 Å². The first-order chi connectivity index (χ1) is 13.5. The second-order valence-electron chi connectivity index (χ2n) is 7.35. The summed E-state index contributed by atoms with van der Waals surface area (Å²) in [5, 5.41) is 9.45. The van der Waals surface area contributed by atoms with Crippen LogP contribution in [-0.4, -0.2) is 24.9 Å². The molecule has 2 aromatic rings. The van der Waals surface area contributed by atoms with Crippen molar-refractivity contribution in [2.24, 2.45) is 11.8 Å². The van der Waals surface area contributed by atoms with E-state index in [2.05, 4.69) is 22.9 Å². The number of carbonyl (C=O) groups is 2. The Hall–Kier alpha value is -2.08. The highest BCUT2D eigenvalue weighted by molar-refractivity contribution is 6.34. The highest BCUT2D eigenvalue weighted by atomic mass is 35.5. The van der Waals surface area contributed by atoms with Crippen molar-refractivity contribution in [3.05, 3.63) is 59.1 Å². The molecule has 0 aromatic heterocycles. The lowest BCUT2D eigenvalue weighted by Gasteiger charge is -2.28. The second kappa shape index (κ2) is 11.2. The SMILES string of the molecule is CC(CC(=O)Nc1ccc(Cl)c(C(=O)Nc2ccccc2)c1)C1CCCNC1.Cl. The fourth-order valence-corrected chi connectivity index (χ4v) is 3.74. The number of nitrogens with one attached hydrogen (secondary N) is 3. The number of carbonyl (C=O) groups excluding carboxylic acids is 2. The number of halogens is 2. The van der Waals surface area contributed by atoms with Gasteiger partial charge in [-0.05, 0) is 68.1 Å². The normalized spacial score (nSPS) is 17.0. The fourth-order valence-electron chi connectivity index (χ4n) is 3.53. The number of piperidine rings is 1. The van der Waals surface area contributed by atoms with E-state index in [-0.39, 0.29) is 24.2 Å². The maximum Gasteiger partial charge on any atom is 0.257 e. The molecule has 1 aliphatic rings. The molecule has 2 aromatic carbocycles. The molecule has 7 heteroatoms. The molecule has 2 amide bonds. The number of hydrogen-bond donors (Lipinski definition) is 3. The summed E-state index contributed by atoms with van der Waals surface area (Å²) in [7, 11) is 0. The molecule has 1 aliphatic heterocycles. The third-order valence-electron chi connectivity index (χ3n) is 5.17. The Kier molecular flexibility index (Phi) is 8.96. The maximum atomic E-state index is 12.5. The Balaban J connectivity index is 0.00000300. The number of hydrogen-bond acceptors (Lipinski definition) is 3. The average molecular weight is 436 g/mol. The van der Waals surface area contributed by atoms with Crippen LogP contribution in [0.5, 0.6) is 0 Å². The van der Waals surface area contributed by atoms with Crippen molar-refractivity contribution in [2.45, 2.75) is 26.2 Å². The van der Waals surface area contributed by atoms with Crippen LogP contribution in [0.3, 0.4) is 0 Å². The van der Waals surface area contributed by atoms with Crippen LogP contribution in [0.15, 0.2) is 48.5 Å². The van der Waals surface area contributed by atoms with Gasteiger partial charge in [-0.1, -0.05) is 36.7 Å². The van der Waals surface area contributed by atoms with Gasteiger partial charge in [0.25, 0.3) is 5.91 Å². The summed E-state index contributed by atoms with van der Waals surface area (Å²) in [4.78, 5) is 25.0. The monoisotopic (exact) mass is 435 g/mol. The van der Waals surface area contributed by atoms with Crippen molar-refractivity contribution in [1.82, 2.24) is 5.32 Å². The molecule has 0 bridgehead atoms. The molecule has 2 atom stereocenters. The number of benzene rings is 2. The predicted octanol–water partition coefficient (Wildman–Crippen LogP) is 4.98. The van der Waals surface area contributed by atoms with Gasteiger partial charge in [0.15, 0.2) is 0 Å². The molecule has 156 valence electrons. The molecule has 0 aliphatic carbocycles. The summed E-state index contributed by atoms with van der Waals surface area (Å²) in [5.41, 5.74) is 1.59. The van der Waals surface area contributed by atoms with Crippen molar-refractivity contribution >= 4 is 47.2 Å². The number of rotatable bonds is 6. The van der Waals surface area contributed by atoms with Gasteiger partial charge in [-0.15, -0.1) is 12.4 Å². The van der Waals surface area contributed by atoms with Gasteiger partial charge in [0, 0.05) is 17.8 Å². The van der Waals surface area contributed by atoms with E-state index in [4.69, 9.17) is 11.6 Å². The minimum atomic E-state index is -0.311. The lowest BCUT2D eigenvalue weighted by Crippen LogP contribution is -2.34. The van der Waals surface area contributed by atoms with Gasteiger partial charge in [0.2, 0.25) is 5.91 Å². The zero-order chi connectivity index (χ0) is 19.9. The molecule has 29 heavy (non-hydrogen) atoms. The quantitative estimate of drug-likeness (QED) is 0.598. The first kappa shape index (κ1) is 23.2. The van der Waals surface area contributed by atoms with Crippen LogP contribution < -0.4 is 16.0 Å². The largest absolute Gasteiger partial charge is 0.326 e. The van der Waals surface area contributed by atoms with Crippen LogP contribution in [0.4, 0.5) is 11.4 Å². The van der Waals surface area contributed by atoms with Crippen molar-refractivity contribution in [1.29, 1.82) is 0 Å². The average Bonchev–Trinajstić information content (AvgIpc) is 2.70. The standard InChI is InChI=1S/C22H26ClN3O2.ClH/c1-15(16-6-5-11-24-14-16)12-21(27)25-18-9-10-20(23)19(13-18)22(28)26-17-7-3-2-4-8-17;/h2-4,7-10,13,15-16,24H,5-6,11-12,14H2,1H3,(H,25,27)(H,26,28);1H.